The standard InChI is InChI=1S/C34H23Cl3N2O4/c1-18(30(41)38-26-16-15-20(35)17-21(26)29(40)19-9-3-2-4-10-19)39-31(42)27-28(32(39)43)34(37)23-12-6-5-11-22(23)33(27,36)24-13-7-8-14-25(24)34/h2-18,27-28H,1H3,(H,38,41)/t18-,27-,28+,33?,34?/m1/s1. The second-order valence-electron chi connectivity index (χ2n) is 11.1. The molecule has 0 saturated carbocycles. The number of likely N-dealkylation sites (tertiary alicyclic amines) is 1. The number of hydrogen-bond donors (Lipinski definition) is 1. The molecule has 0 spiro atoms. The lowest BCUT2D eigenvalue weighted by Gasteiger charge is -2.54. The van der Waals surface area contributed by atoms with Gasteiger partial charge in [-0.3, -0.25) is 24.1 Å². The highest BCUT2D eigenvalue weighted by Gasteiger charge is 2.73. The molecule has 3 atom stereocenters. The topological polar surface area (TPSA) is 83.6 Å². The molecule has 1 N–H and O–H groups in total. The number of imide groups is 1. The van der Waals surface area contributed by atoms with Gasteiger partial charge in [0.2, 0.25) is 17.7 Å². The third-order valence-corrected chi connectivity index (χ3v) is 10.4. The molecule has 1 saturated heterocycles. The van der Waals surface area contributed by atoms with E-state index in [0.29, 0.717) is 32.8 Å². The zero-order valence-electron chi connectivity index (χ0n) is 22.7. The minimum Gasteiger partial charge on any atom is -0.324 e. The first-order valence-electron chi connectivity index (χ1n) is 13.7. The summed E-state index contributed by atoms with van der Waals surface area (Å²) in [6.07, 6.45) is 0. The number of carbonyl (C=O) groups excluding carboxylic acids is 4. The van der Waals surface area contributed by atoms with Crippen LogP contribution in [0.2, 0.25) is 5.02 Å². The summed E-state index contributed by atoms with van der Waals surface area (Å²) in [4.78, 5) is 53.7. The number of anilines is 1. The van der Waals surface area contributed by atoms with Crippen molar-refractivity contribution >= 4 is 64.0 Å². The van der Waals surface area contributed by atoms with E-state index < -0.39 is 45.3 Å². The van der Waals surface area contributed by atoms with Gasteiger partial charge in [0.15, 0.2) is 5.78 Å². The highest BCUT2D eigenvalue weighted by molar-refractivity contribution is 6.36. The third-order valence-electron chi connectivity index (χ3n) is 8.91. The summed E-state index contributed by atoms with van der Waals surface area (Å²) in [6, 6.07) is 26.6. The maximum Gasteiger partial charge on any atom is 0.247 e. The van der Waals surface area contributed by atoms with Crippen molar-refractivity contribution in [3.63, 3.8) is 0 Å². The van der Waals surface area contributed by atoms with Crippen LogP contribution in [0.5, 0.6) is 0 Å². The van der Waals surface area contributed by atoms with E-state index in [2.05, 4.69) is 5.32 Å². The molecular formula is C34H23Cl3N2O4. The Balaban J connectivity index is 1.25. The molecule has 4 aliphatic rings. The lowest BCUT2D eigenvalue weighted by atomic mass is 9.54. The molecule has 214 valence electrons. The lowest BCUT2D eigenvalue weighted by molar-refractivity contribution is -0.146. The number of halogens is 3. The molecule has 2 bridgehead atoms. The number of alkyl halides is 2. The fourth-order valence-corrected chi connectivity index (χ4v) is 8.25. The molecule has 0 radical (unpaired) electrons. The summed E-state index contributed by atoms with van der Waals surface area (Å²) in [5.74, 6) is -4.18. The van der Waals surface area contributed by atoms with Crippen LogP contribution >= 0.6 is 34.8 Å². The Labute approximate surface area is 262 Å². The molecule has 8 rings (SSSR count). The molecule has 1 fully saturated rings. The van der Waals surface area contributed by atoms with Gasteiger partial charge in [0.25, 0.3) is 0 Å². The molecular weight excluding hydrogens is 607 g/mol. The van der Waals surface area contributed by atoms with Gasteiger partial charge in [-0.1, -0.05) is 90.5 Å². The number of nitrogens with zero attached hydrogens (tertiary/aromatic N) is 1. The second kappa shape index (κ2) is 9.78. The maximum atomic E-state index is 14.2. The number of carbonyl (C=O) groups is 4. The van der Waals surface area contributed by atoms with E-state index in [-0.39, 0.29) is 17.0 Å². The predicted octanol–water partition coefficient (Wildman–Crippen LogP) is 6.49. The van der Waals surface area contributed by atoms with E-state index in [1.54, 1.807) is 36.4 Å². The smallest absolute Gasteiger partial charge is 0.247 e. The molecule has 43 heavy (non-hydrogen) atoms. The average Bonchev–Trinajstić information content (AvgIpc) is 3.31. The van der Waals surface area contributed by atoms with Crippen LogP contribution < -0.4 is 5.32 Å². The van der Waals surface area contributed by atoms with Crippen molar-refractivity contribution in [2.75, 3.05) is 5.32 Å². The van der Waals surface area contributed by atoms with Gasteiger partial charge in [0.1, 0.15) is 15.8 Å². The molecule has 1 aliphatic heterocycles. The van der Waals surface area contributed by atoms with Crippen LogP contribution in [0.3, 0.4) is 0 Å². The summed E-state index contributed by atoms with van der Waals surface area (Å²) in [5.41, 5.74) is 3.50. The van der Waals surface area contributed by atoms with Crippen molar-refractivity contribution in [1.82, 2.24) is 4.90 Å². The van der Waals surface area contributed by atoms with E-state index in [4.69, 9.17) is 34.8 Å². The number of benzene rings is 4. The molecule has 3 aliphatic carbocycles. The zero-order valence-corrected chi connectivity index (χ0v) is 25.0. The average molecular weight is 630 g/mol. The Bertz CT molecular complexity index is 1750. The molecule has 3 amide bonds. The number of amides is 3. The van der Waals surface area contributed by atoms with Gasteiger partial charge in [0, 0.05) is 16.1 Å². The normalized spacial score (nSPS) is 25.5. The van der Waals surface area contributed by atoms with Crippen LogP contribution in [0.15, 0.2) is 97.1 Å². The van der Waals surface area contributed by atoms with Crippen LogP contribution in [-0.4, -0.2) is 34.4 Å². The van der Waals surface area contributed by atoms with Gasteiger partial charge < -0.3 is 5.32 Å². The second-order valence-corrected chi connectivity index (χ2v) is 12.7. The Morgan fingerprint density at radius 3 is 1.70 bits per heavy atom. The lowest BCUT2D eigenvalue weighted by Crippen LogP contribution is -2.57. The fourth-order valence-electron chi connectivity index (χ4n) is 6.98. The molecule has 6 nitrogen and oxygen atoms in total. The van der Waals surface area contributed by atoms with E-state index in [0.717, 1.165) is 4.90 Å². The summed E-state index contributed by atoms with van der Waals surface area (Å²) < 4.78 is 0. The van der Waals surface area contributed by atoms with Gasteiger partial charge in [0.05, 0.1) is 17.5 Å². The predicted molar refractivity (Wildman–Crippen MR) is 164 cm³/mol. The SMILES string of the molecule is C[C@H](C(=O)Nc1ccc(Cl)cc1C(=O)c1ccccc1)N1C(=O)[C@@H]2[C@H](C1=O)C1(Cl)c3ccccc3C2(Cl)c2ccccc21. The van der Waals surface area contributed by atoms with Crippen LogP contribution in [0.1, 0.15) is 45.1 Å². The van der Waals surface area contributed by atoms with Gasteiger partial charge >= 0.3 is 0 Å². The molecule has 9 heteroatoms. The Kier molecular flexibility index (Phi) is 6.33. The first kappa shape index (κ1) is 27.8. The highest BCUT2D eigenvalue weighted by atomic mass is 35.5. The van der Waals surface area contributed by atoms with Gasteiger partial charge in [-0.05, 0) is 47.4 Å². The minimum absolute atomic E-state index is 0.176. The van der Waals surface area contributed by atoms with Crippen molar-refractivity contribution in [3.8, 4) is 0 Å². The van der Waals surface area contributed by atoms with Gasteiger partial charge in [-0.15, -0.1) is 23.2 Å². The third kappa shape index (κ3) is 3.73. The van der Waals surface area contributed by atoms with E-state index >= 15 is 0 Å². The van der Waals surface area contributed by atoms with Crippen molar-refractivity contribution in [1.29, 1.82) is 0 Å². The quantitative estimate of drug-likeness (QED) is 0.155. The Morgan fingerprint density at radius 1 is 0.744 bits per heavy atom. The first-order valence-corrected chi connectivity index (χ1v) is 14.9. The van der Waals surface area contributed by atoms with Crippen molar-refractivity contribution in [2.45, 2.75) is 22.7 Å². The summed E-state index contributed by atoms with van der Waals surface area (Å²) in [5, 5.41) is 3.06. The first-order chi connectivity index (χ1) is 20.6. The van der Waals surface area contributed by atoms with Crippen LogP contribution in [0.25, 0.3) is 0 Å². The molecule has 1 heterocycles. The summed E-state index contributed by atoms with van der Waals surface area (Å²) in [7, 11) is 0. The van der Waals surface area contributed by atoms with Crippen molar-refractivity contribution in [2.24, 2.45) is 11.8 Å². The molecule has 0 unspecified atom stereocenters. The minimum atomic E-state index is -1.35. The monoisotopic (exact) mass is 628 g/mol. The largest absolute Gasteiger partial charge is 0.324 e. The van der Waals surface area contributed by atoms with Crippen molar-refractivity contribution in [3.05, 3.63) is 135 Å². The summed E-state index contributed by atoms with van der Waals surface area (Å²) in [6.45, 7) is 1.47. The zero-order chi connectivity index (χ0) is 30.3. The van der Waals surface area contributed by atoms with Crippen LogP contribution in [-0.2, 0) is 24.1 Å². The van der Waals surface area contributed by atoms with Gasteiger partial charge in [-0.25, -0.2) is 0 Å². The van der Waals surface area contributed by atoms with Gasteiger partial charge in [-0.2, -0.15) is 0 Å². The van der Waals surface area contributed by atoms with E-state index in [1.165, 1.54) is 19.1 Å². The number of hydrogen-bond acceptors (Lipinski definition) is 4. The molecule has 4 aromatic carbocycles. The maximum absolute atomic E-state index is 14.2. The van der Waals surface area contributed by atoms with E-state index in [1.807, 2.05) is 48.5 Å². The Hall–Kier alpha value is -3.97. The number of nitrogens with one attached hydrogen (secondary N) is 1. The van der Waals surface area contributed by atoms with Crippen LogP contribution in [0, 0.1) is 11.8 Å². The van der Waals surface area contributed by atoms with Crippen molar-refractivity contribution < 1.29 is 19.2 Å². The number of rotatable bonds is 5. The van der Waals surface area contributed by atoms with E-state index in [9.17, 15) is 19.2 Å². The summed E-state index contributed by atoms with van der Waals surface area (Å²) >= 11 is 21.2. The fraction of sp³-hybridized carbons (Fsp3) is 0.176. The molecule has 0 aromatic heterocycles. The number of ketones is 1. The molecule has 4 aromatic rings. The highest BCUT2D eigenvalue weighted by Crippen LogP contribution is 2.69. The Morgan fingerprint density at radius 2 is 1.21 bits per heavy atom. The van der Waals surface area contributed by atoms with Crippen LogP contribution in [0.4, 0.5) is 5.69 Å².